The van der Waals surface area contributed by atoms with Gasteiger partial charge in [-0.3, -0.25) is 9.51 Å². The molecule has 0 bridgehead atoms. The number of carbonyl (C=O) groups is 1. The number of amides is 1. The van der Waals surface area contributed by atoms with E-state index in [2.05, 4.69) is 25.0 Å². The summed E-state index contributed by atoms with van der Waals surface area (Å²) in [6.07, 6.45) is 1.39. The smallest absolute Gasteiger partial charge is 0.439 e. The van der Waals surface area contributed by atoms with Crippen LogP contribution in [0.1, 0.15) is 43.6 Å². The molecule has 3 aromatic heterocycles. The van der Waals surface area contributed by atoms with E-state index in [9.17, 15) is 22.8 Å². The van der Waals surface area contributed by atoms with Gasteiger partial charge in [0.15, 0.2) is 17.5 Å². The molecule has 0 radical (unpaired) electrons. The van der Waals surface area contributed by atoms with E-state index in [0.29, 0.717) is 23.0 Å². The Kier molecular flexibility index (Phi) is 5.61. The van der Waals surface area contributed by atoms with E-state index >= 15 is 0 Å². The zero-order valence-corrected chi connectivity index (χ0v) is 19.6. The van der Waals surface area contributed by atoms with Crippen molar-refractivity contribution in [3.05, 3.63) is 75.4 Å². The van der Waals surface area contributed by atoms with E-state index in [1.807, 2.05) is 0 Å². The number of halogens is 3. The van der Waals surface area contributed by atoms with Crippen molar-refractivity contribution in [2.24, 2.45) is 0 Å². The number of alkyl carbamates (subject to hydrolysis) is 1. The van der Waals surface area contributed by atoms with Crippen LogP contribution in [0.4, 0.5) is 18.0 Å². The van der Waals surface area contributed by atoms with Crippen LogP contribution < -0.4 is 11.1 Å². The molecule has 1 aromatic carbocycles. The summed E-state index contributed by atoms with van der Waals surface area (Å²) in [6.45, 7) is 5.13. The maximum absolute atomic E-state index is 14.8. The maximum atomic E-state index is 14.8. The summed E-state index contributed by atoms with van der Waals surface area (Å²) in [7, 11) is 0. The highest BCUT2D eigenvalue weighted by molar-refractivity contribution is 5.68. The summed E-state index contributed by atoms with van der Waals surface area (Å²) in [5.74, 6) is -4.60. The Morgan fingerprint density at radius 2 is 1.92 bits per heavy atom. The number of ether oxygens (including phenoxy) is 1. The lowest BCUT2D eigenvalue weighted by atomic mass is 9.80. The van der Waals surface area contributed by atoms with Crippen molar-refractivity contribution >= 4 is 11.7 Å². The molecule has 0 spiro atoms. The highest BCUT2D eigenvalue weighted by Crippen LogP contribution is 2.36. The summed E-state index contributed by atoms with van der Waals surface area (Å²) in [5.41, 5.74) is 1.60. The molecule has 5 rings (SSSR count). The molecule has 1 aliphatic carbocycles. The van der Waals surface area contributed by atoms with Gasteiger partial charge in [-0.15, -0.1) is 0 Å². The molecule has 0 saturated carbocycles. The largest absolute Gasteiger partial charge is 0.444 e. The van der Waals surface area contributed by atoms with Crippen molar-refractivity contribution in [3.8, 4) is 11.4 Å². The minimum Gasteiger partial charge on any atom is -0.444 e. The topological polar surface area (TPSA) is 115 Å². The van der Waals surface area contributed by atoms with Crippen molar-refractivity contribution in [2.45, 2.75) is 51.2 Å². The molecule has 2 atom stereocenters. The third-order valence-electron chi connectivity index (χ3n) is 5.98. The number of nitrogens with zero attached hydrogens (tertiary/aromatic N) is 3. The van der Waals surface area contributed by atoms with Crippen molar-refractivity contribution in [1.82, 2.24) is 24.8 Å². The Hall–Kier alpha value is -4.09. The molecule has 188 valence electrons. The zero-order chi connectivity index (χ0) is 25.8. The van der Waals surface area contributed by atoms with Crippen molar-refractivity contribution < 1.29 is 27.2 Å². The van der Waals surface area contributed by atoms with Gasteiger partial charge in [-0.2, -0.15) is 0 Å². The number of nitrogens with one attached hydrogen (secondary N) is 2. The van der Waals surface area contributed by atoms with E-state index < -0.39 is 46.9 Å². The average molecular weight is 501 g/mol. The van der Waals surface area contributed by atoms with E-state index in [1.54, 1.807) is 43.5 Å². The van der Waals surface area contributed by atoms with Gasteiger partial charge in [0.1, 0.15) is 17.1 Å². The molecular formula is C24H22F3N5O4. The molecule has 9 nitrogen and oxygen atoms in total. The predicted octanol–water partition coefficient (Wildman–Crippen LogP) is 3.87. The van der Waals surface area contributed by atoms with Gasteiger partial charge in [-0.25, -0.2) is 27.7 Å². The number of aromatic amines is 1. The number of imidazole rings is 1. The lowest BCUT2D eigenvalue weighted by molar-refractivity contribution is 0.0493. The molecule has 36 heavy (non-hydrogen) atoms. The normalized spacial score (nSPS) is 17.7. The Bertz CT molecular complexity index is 1540. The molecule has 4 aromatic rings. The Labute approximate surface area is 202 Å². The standard InChI is InChI=1S/C24H22F3N5O4/c1-24(2,3)35-22(33)29-17-10-19-18(8-13(17)12-7-15(26)16(27)9-14(12)25)28-20-6-11(4-5-32(19)20)21-30-23(34)36-31-21/h4-7,9,13,17H,8,10H2,1-3H3,(H,29,33)(H,30,31,34). The number of fused-ring (bicyclic) bond motifs is 3. The highest BCUT2D eigenvalue weighted by atomic mass is 19.2. The first-order valence-electron chi connectivity index (χ1n) is 11.2. The first kappa shape index (κ1) is 23.6. The van der Waals surface area contributed by atoms with Gasteiger partial charge in [0.25, 0.3) is 0 Å². The van der Waals surface area contributed by atoms with Gasteiger partial charge in [0.2, 0.25) is 0 Å². The Morgan fingerprint density at radius 3 is 2.61 bits per heavy atom. The second kappa shape index (κ2) is 8.54. The lowest BCUT2D eigenvalue weighted by Crippen LogP contribution is -2.46. The third kappa shape index (κ3) is 4.45. The summed E-state index contributed by atoms with van der Waals surface area (Å²) in [6, 6.07) is 4.02. The Balaban J connectivity index is 1.56. The first-order chi connectivity index (χ1) is 17.0. The number of benzene rings is 1. The fraction of sp³-hybridized carbons (Fsp3) is 0.333. The van der Waals surface area contributed by atoms with E-state index in [1.165, 1.54) is 0 Å². The number of hydrogen-bond donors (Lipinski definition) is 2. The van der Waals surface area contributed by atoms with Gasteiger partial charge < -0.3 is 14.5 Å². The van der Waals surface area contributed by atoms with Gasteiger partial charge in [-0.1, -0.05) is 5.16 Å². The molecule has 12 heteroatoms. The number of aromatic nitrogens is 4. The molecule has 1 aliphatic rings. The van der Waals surface area contributed by atoms with E-state index in [4.69, 9.17) is 4.74 Å². The molecule has 0 saturated heterocycles. The summed E-state index contributed by atoms with van der Waals surface area (Å²) < 4.78 is 54.2. The molecular weight excluding hydrogens is 479 g/mol. The van der Waals surface area contributed by atoms with Crippen LogP contribution in [0.25, 0.3) is 17.0 Å². The minimum atomic E-state index is -1.30. The lowest BCUT2D eigenvalue weighted by Gasteiger charge is -2.33. The number of hydrogen-bond acceptors (Lipinski definition) is 6. The number of carbonyl (C=O) groups excluding carboxylic acids is 1. The fourth-order valence-electron chi connectivity index (χ4n) is 4.49. The van der Waals surface area contributed by atoms with Crippen LogP contribution in [0, 0.1) is 17.5 Å². The van der Waals surface area contributed by atoms with Crippen LogP contribution in [0.5, 0.6) is 0 Å². The summed E-state index contributed by atoms with van der Waals surface area (Å²) in [5, 5.41) is 6.45. The zero-order valence-electron chi connectivity index (χ0n) is 19.6. The minimum absolute atomic E-state index is 0.0708. The van der Waals surface area contributed by atoms with Crippen molar-refractivity contribution in [1.29, 1.82) is 0 Å². The Morgan fingerprint density at radius 1 is 1.17 bits per heavy atom. The van der Waals surface area contributed by atoms with Crippen LogP contribution in [-0.4, -0.2) is 37.3 Å². The van der Waals surface area contributed by atoms with Crippen molar-refractivity contribution in [3.63, 3.8) is 0 Å². The molecule has 0 aliphatic heterocycles. The van der Waals surface area contributed by atoms with Crippen LogP contribution in [0.2, 0.25) is 0 Å². The van der Waals surface area contributed by atoms with E-state index in [0.717, 1.165) is 11.8 Å². The van der Waals surface area contributed by atoms with Crippen molar-refractivity contribution in [2.75, 3.05) is 0 Å². The molecule has 1 amide bonds. The second-order valence-corrected chi connectivity index (χ2v) is 9.65. The number of pyridine rings is 1. The quantitative estimate of drug-likeness (QED) is 0.412. The van der Waals surface area contributed by atoms with Gasteiger partial charge in [-0.05, 0) is 44.5 Å². The summed E-state index contributed by atoms with van der Waals surface area (Å²) in [4.78, 5) is 31.0. The second-order valence-electron chi connectivity index (χ2n) is 9.65. The maximum Gasteiger partial charge on any atom is 0.439 e. The fourth-order valence-corrected chi connectivity index (χ4v) is 4.49. The van der Waals surface area contributed by atoms with Gasteiger partial charge in [0, 0.05) is 48.3 Å². The number of rotatable bonds is 3. The van der Waals surface area contributed by atoms with Gasteiger partial charge >= 0.3 is 11.8 Å². The average Bonchev–Trinajstić information content (AvgIpc) is 3.37. The first-order valence-corrected chi connectivity index (χ1v) is 11.2. The van der Waals surface area contributed by atoms with Crippen LogP contribution in [0.15, 0.2) is 39.8 Å². The van der Waals surface area contributed by atoms with Crippen LogP contribution >= 0.6 is 0 Å². The molecule has 2 N–H and O–H groups in total. The summed E-state index contributed by atoms with van der Waals surface area (Å²) >= 11 is 0. The third-order valence-corrected chi connectivity index (χ3v) is 5.98. The van der Waals surface area contributed by atoms with Gasteiger partial charge in [0.05, 0.1) is 5.69 Å². The SMILES string of the molecule is CC(C)(C)OC(=O)NC1Cc2c(nc3cc(-c4noc(=O)[nH]4)ccn23)CC1c1cc(F)c(F)cc1F. The van der Waals surface area contributed by atoms with Crippen LogP contribution in [0.3, 0.4) is 0 Å². The highest BCUT2D eigenvalue weighted by Gasteiger charge is 2.36. The predicted molar refractivity (Wildman–Crippen MR) is 121 cm³/mol. The number of H-pyrrole nitrogens is 1. The molecule has 0 fully saturated rings. The monoisotopic (exact) mass is 501 g/mol. The molecule has 3 heterocycles. The van der Waals surface area contributed by atoms with E-state index in [-0.39, 0.29) is 24.2 Å². The molecule has 2 unspecified atom stereocenters. The van der Waals surface area contributed by atoms with Crippen LogP contribution in [-0.2, 0) is 17.6 Å².